The van der Waals surface area contributed by atoms with Crippen LogP contribution in [0.1, 0.15) is 48.4 Å². The first kappa shape index (κ1) is 19.3. The van der Waals surface area contributed by atoms with E-state index in [2.05, 4.69) is 105 Å². The monoisotopic (exact) mass is 447 g/mol. The smallest absolute Gasteiger partial charge is 0.0566 e. The summed E-state index contributed by atoms with van der Waals surface area (Å²) in [6.07, 6.45) is 5.23. The van der Waals surface area contributed by atoms with Crippen LogP contribution in [0, 0.1) is 0 Å². The molecule has 0 amide bonds. The van der Waals surface area contributed by atoms with Crippen molar-refractivity contribution in [3.05, 3.63) is 119 Å². The molecule has 0 radical (unpaired) electrons. The molecule has 1 atom stereocenters. The van der Waals surface area contributed by atoms with E-state index in [1.165, 1.54) is 71.8 Å². The molecule has 2 aliphatic carbocycles. The predicted molar refractivity (Wildman–Crippen MR) is 147 cm³/mol. The van der Waals surface area contributed by atoms with Crippen LogP contribution < -0.4 is 0 Å². The fourth-order valence-corrected chi connectivity index (χ4v) is 7.03. The third-order valence-corrected chi connectivity index (χ3v) is 8.61. The van der Waals surface area contributed by atoms with Gasteiger partial charge in [0, 0.05) is 23.1 Å². The van der Waals surface area contributed by atoms with Gasteiger partial charge < -0.3 is 0 Å². The Morgan fingerprint density at radius 3 is 2.34 bits per heavy atom. The molecular formula is C34H25N. The third kappa shape index (κ3) is 2.36. The zero-order chi connectivity index (χ0) is 23.3. The number of nitrogens with zero attached hydrogens (tertiary/aromatic N) is 1. The number of hydrogen-bond donors (Lipinski definition) is 0. The molecule has 1 nitrogen and oxygen atoms in total. The molecule has 35 heavy (non-hydrogen) atoms. The van der Waals surface area contributed by atoms with Crippen LogP contribution >= 0.6 is 0 Å². The molecule has 1 heteroatoms. The van der Waals surface area contributed by atoms with Gasteiger partial charge in [0.2, 0.25) is 0 Å². The summed E-state index contributed by atoms with van der Waals surface area (Å²) in [5.74, 6) is 0.366. The average molecular weight is 448 g/mol. The van der Waals surface area contributed by atoms with Crippen molar-refractivity contribution >= 4 is 27.3 Å². The van der Waals surface area contributed by atoms with Crippen molar-refractivity contribution in [2.75, 3.05) is 0 Å². The van der Waals surface area contributed by atoms with Crippen LogP contribution in [0.2, 0.25) is 0 Å². The van der Waals surface area contributed by atoms with Crippen molar-refractivity contribution in [2.24, 2.45) is 4.99 Å². The molecule has 8 rings (SSSR count). The second kappa shape index (κ2) is 6.58. The van der Waals surface area contributed by atoms with Crippen LogP contribution in [-0.2, 0) is 5.41 Å². The Labute approximate surface area is 205 Å². The van der Waals surface area contributed by atoms with E-state index in [1.54, 1.807) is 0 Å². The molecule has 1 unspecified atom stereocenters. The van der Waals surface area contributed by atoms with Gasteiger partial charge in [-0.2, -0.15) is 0 Å². The largest absolute Gasteiger partial charge is 0.260 e. The topological polar surface area (TPSA) is 12.4 Å². The molecule has 0 N–H and O–H groups in total. The Kier molecular flexibility index (Phi) is 3.64. The molecule has 0 saturated heterocycles. The summed E-state index contributed by atoms with van der Waals surface area (Å²) in [7, 11) is 0. The minimum atomic E-state index is -0.0120. The highest BCUT2D eigenvalue weighted by molar-refractivity contribution is 6.31. The highest BCUT2D eigenvalue weighted by atomic mass is 14.7. The van der Waals surface area contributed by atoms with Crippen molar-refractivity contribution in [3.8, 4) is 22.3 Å². The molecule has 5 aromatic rings. The zero-order valence-electron chi connectivity index (χ0n) is 20.0. The van der Waals surface area contributed by atoms with Gasteiger partial charge in [-0.25, -0.2) is 0 Å². The number of rotatable bonds is 1. The van der Waals surface area contributed by atoms with Gasteiger partial charge in [-0.15, -0.1) is 0 Å². The number of allylic oxidation sites excluding steroid dienone is 1. The lowest BCUT2D eigenvalue weighted by Crippen LogP contribution is -2.14. The molecule has 5 aromatic carbocycles. The first-order valence-corrected chi connectivity index (χ1v) is 12.6. The van der Waals surface area contributed by atoms with Crippen molar-refractivity contribution in [1.29, 1.82) is 0 Å². The molecule has 0 spiro atoms. The average Bonchev–Trinajstić information content (AvgIpc) is 3.35. The van der Waals surface area contributed by atoms with E-state index in [-0.39, 0.29) is 5.41 Å². The molecule has 0 aromatic heterocycles. The van der Waals surface area contributed by atoms with Crippen molar-refractivity contribution in [1.82, 2.24) is 0 Å². The van der Waals surface area contributed by atoms with Crippen LogP contribution in [-0.4, -0.2) is 5.71 Å². The fourth-order valence-electron chi connectivity index (χ4n) is 7.03. The van der Waals surface area contributed by atoms with E-state index in [1.807, 2.05) is 6.20 Å². The van der Waals surface area contributed by atoms with Gasteiger partial charge in [-0.3, -0.25) is 4.99 Å². The molecule has 0 saturated carbocycles. The maximum absolute atomic E-state index is 4.91. The third-order valence-electron chi connectivity index (χ3n) is 8.61. The highest BCUT2D eigenvalue weighted by Crippen LogP contribution is 2.52. The molecule has 0 bridgehead atoms. The summed E-state index contributed by atoms with van der Waals surface area (Å²) in [4.78, 5) is 4.91. The van der Waals surface area contributed by atoms with Crippen LogP contribution in [0.15, 0.2) is 102 Å². The van der Waals surface area contributed by atoms with Gasteiger partial charge >= 0.3 is 0 Å². The molecule has 0 fully saturated rings. The zero-order valence-corrected chi connectivity index (χ0v) is 20.0. The maximum atomic E-state index is 4.91. The second-order valence-electron chi connectivity index (χ2n) is 10.7. The van der Waals surface area contributed by atoms with Crippen molar-refractivity contribution in [2.45, 2.75) is 31.6 Å². The van der Waals surface area contributed by atoms with Crippen LogP contribution in [0.3, 0.4) is 0 Å². The van der Waals surface area contributed by atoms with E-state index < -0.39 is 0 Å². The summed E-state index contributed by atoms with van der Waals surface area (Å²) in [5, 5.41) is 5.39. The van der Waals surface area contributed by atoms with E-state index in [4.69, 9.17) is 4.99 Å². The minimum Gasteiger partial charge on any atom is -0.260 e. The van der Waals surface area contributed by atoms with Crippen LogP contribution in [0.4, 0.5) is 0 Å². The van der Waals surface area contributed by atoms with E-state index in [9.17, 15) is 0 Å². The fraction of sp³-hybridized carbons (Fsp3) is 0.147. The minimum absolute atomic E-state index is 0.0120. The lowest BCUT2D eigenvalue weighted by atomic mass is 9.81. The lowest BCUT2D eigenvalue weighted by molar-refractivity contribution is 0.660. The number of hydrogen-bond acceptors (Lipinski definition) is 1. The first-order chi connectivity index (χ1) is 17.1. The van der Waals surface area contributed by atoms with Gasteiger partial charge in [-0.05, 0) is 73.0 Å². The number of fused-ring (bicyclic) bond motifs is 8. The van der Waals surface area contributed by atoms with E-state index in [0.29, 0.717) is 5.92 Å². The Morgan fingerprint density at radius 2 is 1.46 bits per heavy atom. The Hall–Kier alpha value is -3.97. The van der Waals surface area contributed by atoms with Crippen molar-refractivity contribution < 1.29 is 0 Å². The predicted octanol–water partition coefficient (Wildman–Crippen LogP) is 8.77. The number of aliphatic imine (C=N–C) groups is 1. The van der Waals surface area contributed by atoms with Crippen LogP contribution in [0.5, 0.6) is 0 Å². The van der Waals surface area contributed by atoms with E-state index in [0.717, 1.165) is 6.42 Å². The van der Waals surface area contributed by atoms with Gasteiger partial charge in [0.15, 0.2) is 0 Å². The Balaban J connectivity index is 1.48. The summed E-state index contributed by atoms with van der Waals surface area (Å²) in [6.45, 7) is 4.73. The van der Waals surface area contributed by atoms with Gasteiger partial charge in [0.05, 0.1) is 5.71 Å². The van der Waals surface area contributed by atoms with E-state index >= 15 is 0 Å². The quantitative estimate of drug-likeness (QED) is 0.228. The summed E-state index contributed by atoms with van der Waals surface area (Å²) in [5.41, 5.74) is 12.3. The standard InChI is InChI=1S/C34H25N/c1-34(2)28-15-6-5-9-21(28)22-17-16-20(19-29(22)34)30-23-10-3-4-11-24(23)32-31-25(12-7-13-27(30)31)26-14-8-18-35-33(26)32/h3-13,15-19,26H,14H2,1-2H3. The molecule has 3 aliphatic rings. The highest BCUT2D eigenvalue weighted by Gasteiger charge is 2.37. The summed E-state index contributed by atoms with van der Waals surface area (Å²) < 4.78 is 0. The van der Waals surface area contributed by atoms with Gasteiger partial charge in [0.25, 0.3) is 0 Å². The molecular weight excluding hydrogens is 422 g/mol. The van der Waals surface area contributed by atoms with Crippen molar-refractivity contribution in [3.63, 3.8) is 0 Å². The normalized spacial score (nSPS) is 18.5. The molecule has 1 aliphatic heterocycles. The molecule has 1 heterocycles. The SMILES string of the molecule is CC1(C)c2ccccc2-c2ccc(-c3c4ccccc4c4c5c(cccc35)C3CC=CN=C43)cc21. The Bertz CT molecular complexity index is 1800. The second-order valence-corrected chi connectivity index (χ2v) is 10.7. The molecule has 166 valence electrons. The Morgan fingerprint density at radius 1 is 0.714 bits per heavy atom. The first-order valence-electron chi connectivity index (χ1n) is 12.6. The number of benzene rings is 5. The summed E-state index contributed by atoms with van der Waals surface area (Å²) >= 11 is 0. The van der Waals surface area contributed by atoms with Crippen LogP contribution in [0.25, 0.3) is 43.8 Å². The summed E-state index contributed by atoms with van der Waals surface area (Å²) in [6, 6.07) is 31.9. The van der Waals surface area contributed by atoms with Gasteiger partial charge in [-0.1, -0.05) is 98.8 Å². The lowest BCUT2D eigenvalue weighted by Gasteiger charge is -2.22. The van der Waals surface area contributed by atoms with Gasteiger partial charge in [0.1, 0.15) is 0 Å². The maximum Gasteiger partial charge on any atom is 0.0566 e.